The molecular weight excluding hydrogens is 460 g/mol. The Balaban J connectivity index is 1.30. The maximum Gasteiger partial charge on any atom is 0.255 e. The van der Waals surface area contributed by atoms with Gasteiger partial charge in [0.25, 0.3) is 5.91 Å². The van der Waals surface area contributed by atoms with Gasteiger partial charge in [-0.2, -0.15) is 0 Å². The Bertz CT molecular complexity index is 1530. The fourth-order valence-electron chi connectivity index (χ4n) is 4.57. The summed E-state index contributed by atoms with van der Waals surface area (Å²) in [6.45, 7) is 3.23. The fraction of sp³-hybridized carbons (Fsp3) is 0.129. The average Bonchev–Trinajstić information content (AvgIpc) is 2.98. The van der Waals surface area contributed by atoms with Crippen molar-refractivity contribution in [1.82, 2.24) is 9.97 Å². The molecule has 0 spiro atoms. The van der Waals surface area contributed by atoms with Crippen molar-refractivity contribution >= 4 is 28.3 Å². The lowest BCUT2D eigenvalue weighted by Crippen LogP contribution is -2.36. The lowest BCUT2D eigenvalue weighted by Gasteiger charge is -2.28. The number of ether oxygens (including phenoxy) is 1. The number of amides is 1. The first kappa shape index (κ1) is 22.9. The van der Waals surface area contributed by atoms with Crippen LogP contribution in [0, 0.1) is 0 Å². The summed E-state index contributed by atoms with van der Waals surface area (Å²) < 4.78 is 5.43. The third-order valence-electron chi connectivity index (χ3n) is 6.52. The Morgan fingerprint density at radius 2 is 1.30 bits per heavy atom. The summed E-state index contributed by atoms with van der Waals surface area (Å²) in [5.41, 5.74) is 7.41. The van der Waals surface area contributed by atoms with Crippen molar-refractivity contribution in [3.63, 3.8) is 0 Å². The zero-order valence-electron chi connectivity index (χ0n) is 20.3. The number of morpholine rings is 1. The smallest absolute Gasteiger partial charge is 0.255 e. The molecule has 6 rings (SSSR count). The van der Waals surface area contributed by atoms with Gasteiger partial charge < -0.3 is 15.0 Å². The summed E-state index contributed by atoms with van der Waals surface area (Å²) >= 11 is 0. The third kappa shape index (κ3) is 4.92. The summed E-state index contributed by atoms with van der Waals surface area (Å²) in [5.74, 6) is -0.184. The van der Waals surface area contributed by atoms with E-state index in [1.807, 2.05) is 91.0 Å². The molecule has 0 bridgehead atoms. The number of carbonyl (C=O) groups is 1. The molecule has 0 unspecified atom stereocenters. The third-order valence-corrected chi connectivity index (χ3v) is 6.52. The molecule has 182 valence electrons. The van der Waals surface area contributed by atoms with Gasteiger partial charge in [0.05, 0.1) is 35.6 Å². The van der Waals surface area contributed by atoms with Crippen LogP contribution >= 0.6 is 0 Å². The molecule has 0 atom stereocenters. The van der Waals surface area contributed by atoms with Gasteiger partial charge in [-0.3, -0.25) is 4.79 Å². The van der Waals surface area contributed by atoms with E-state index in [4.69, 9.17) is 14.7 Å². The molecule has 6 nitrogen and oxygen atoms in total. The van der Waals surface area contributed by atoms with Gasteiger partial charge in [-0.05, 0) is 42.5 Å². The van der Waals surface area contributed by atoms with Crippen molar-refractivity contribution in [2.24, 2.45) is 0 Å². The number of benzene rings is 4. The molecule has 0 saturated carbocycles. The molecule has 1 aliphatic rings. The minimum atomic E-state index is -0.184. The molecule has 4 aromatic carbocycles. The Kier molecular flexibility index (Phi) is 6.31. The SMILES string of the molecule is O=C(Nc1ccc(N2CCOCC2)cc1)c1ccc2nc(-c3ccccc3)c(-c3ccccc3)nc2c1. The van der Waals surface area contributed by atoms with Gasteiger partial charge in [0.15, 0.2) is 0 Å². The van der Waals surface area contributed by atoms with Crippen molar-refractivity contribution in [3.8, 4) is 22.5 Å². The van der Waals surface area contributed by atoms with E-state index in [9.17, 15) is 4.79 Å². The van der Waals surface area contributed by atoms with Crippen LogP contribution < -0.4 is 10.2 Å². The Labute approximate surface area is 215 Å². The number of nitrogens with zero attached hydrogens (tertiary/aromatic N) is 3. The van der Waals surface area contributed by atoms with E-state index in [1.54, 1.807) is 12.1 Å². The number of rotatable bonds is 5. The molecule has 6 heteroatoms. The highest BCUT2D eigenvalue weighted by Gasteiger charge is 2.15. The standard InChI is InChI=1S/C31H26N4O2/c36-31(32-25-12-14-26(15-13-25)35-17-19-37-20-18-35)24-11-16-27-28(21-24)34-30(23-9-5-2-6-10-23)29(33-27)22-7-3-1-4-8-22/h1-16,21H,17-20H2,(H,32,36). The molecular formula is C31H26N4O2. The zero-order valence-corrected chi connectivity index (χ0v) is 20.3. The normalized spacial score (nSPS) is 13.5. The Morgan fingerprint density at radius 1 is 0.703 bits per heavy atom. The second-order valence-corrected chi connectivity index (χ2v) is 8.96. The molecule has 2 heterocycles. The van der Waals surface area contributed by atoms with Crippen LogP contribution in [-0.2, 0) is 4.74 Å². The minimum absolute atomic E-state index is 0.184. The average molecular weight is 487 g/mol. The molecule has 1 saturated heterocycles. The predicted octanol–water partition coefficient (Wildman–Crippen LogP) is 6.05. The number of carbonyl (C=O) groups excluding carboxylic acids is 1. The van der Waals surface area contributed by atoms with Gasteiger partial charge in [-0.15, -0.1) is 0 Å². The summed E-state index contributed by atoms with van der Waals surface area (Å²) in [6, 6.07) is 33.5. The fourth-order valence-corrected chi connectivity index (χ4v) is 4.57. The molecule has 1 amide bonds. The van der Waals surface area contributed by atoms with Crippen molar-refractivity contribution in [1.29, 1.82) is 0 Å². The number of aromatic nitrogens is 2. The number of anilines is 2. The molecule has 1 aromatic heterocycles. The summed E-state index contributed by atoms with van der Waals surface area (Å²) in [7, 11) is 0. The van der Waals surface area contributed by atoms with Gasteiger partial charge >= 0.3 is 0 Å². The molecule has 1 aliphatic heterocycles. The first-order chi connectivity index (χ1) is 18.2. The van der Waals surface area contributed by atoms with Gasteiger partial charge in [0.1, 0.15) is 0 Å². The van der Waals surface area contributed by atoms with E-state index in [0.717, 1.165) is 65.7 Å². The number of hydrogen-bond donors (Lipinski definition) is 1. The minimum Gasteiger partial charge on any atom is -0.378 e. The van der Waals surface area contributed by atoms with Crippen LogP contribution in [0.4, 0.5) is 11.4 Å². The van der Waals surface area contributed by atoms with Crippen LogP contribution in [0.25, 0.3) is 33.5 Å². The Hall–Kier alpha value is -4.55. The van der Waals surface area contributed by atoms with Gasteiger partial charge in [-0.1, -0.05) is 60.7 Å². The van der Waals surface area contributed by atoms with Crippen molar-refractivity contribution in [2.45, 2.75) is 0 Å². The highest BCUT2D eigenvalue weighted by atomic mass is 16.5. The molecule has 37 heavy (non-hydrogen) atoms. The van der Waals surface area contributed by atoms with Crippen molar-refractivity contribution in [2.75, 3.05) is 36.5 Å². The van der Waals surface area contributed by atoms with E-state index in [2.05, 4.69) is 10.2 Å². The molecule has 5 aromatic rings. The van der Waals surface area contributed by atoms with Gasteiger partial charge in [-0.25, -0.2) is 9.97 Å². The van der Waals surface area contributed by atoms with Crippen LogP contribution in [-0.4, -0.2) is 42.2 Å². The van der Waals surface area contributed by atoms with E-state index < -0.39 is 0 Å². The molecule has 0 radical (unpaired) electrons. The topological polar surface area (TPSA) is 67.4 Å². The second-order valence-electron chi connectivity index (χ2n) is 8.96. The van der Waals surface area contributed by atoms with Crippen LogP contribution in [0.5, 0.6) is 0 Å². The van der Waals surface area contributed by atoms with Crippen LogP contribution in [0.3, 0.4) is 0 Å². The molecule has 1 N–H and O–H groups in total. The number of hydrogen-bond acceptors (Lipinski definition) is 5. The van der Waals surface area contributed by atoms with E-state index in [-0.39, 0.29) is 5.91 Å². The number of nitrogens with one attached hydrogen (secondary N) is 1. The maximum atomic E-state index is 13.1. The van der Waals surface area contributed by atoms with Gasteiger partial charge in [0.2, 0.25) is 0 Å². The Morgan fingerprint density at radius 3 is 1.92 bits per heavy atom. The predicted molar refractivity (Wildman–Crippen MR) is 148 cm³/mol. The van der Waals surface area contributed by atoms with E-state index in [0.29, 0.717) is 11.1 Å². The molecule has 0 aliphatic carbocycles. The quantitative estimate of drug-likeness (QED) is 0.327. The largest absolute Gasteiger partial charge is 0.378 e. The van der Waals surface area contributed by atoms with E-state index in [1.165, 1.54) is 0 Å². The number of fused-ring (bicyclic) bond motifs is 1. The summed E-state index contributed by atoms with van der Waals surface area (Å²) in [4.78, 5) is 25.3. The first-order valence-corrected chi connectivity index (χ1v) is 12.4. The summed E-state index contributed by atoms with van der Waals surface area (Å²) in [5, 5.41) is 3.01. The zero-order chi connectivity index (χ0) is 25.0. The van der Waals surface area contributed by atoms with Crippen LogP contribution in [0.15, 0.2) is 103 Å². The van der Waals surface area contributed by atoms with Gasteiger partial charge in [0, 0.05) is 41.2 Å². The highest BCUT2D eigenvalue weighted by molar-refractivity contribution is 6.06. The van der Waals surface area contributed by atoms with Crippen LogP contribution in [0.2, 0.25) is 0 Å². The highest BCUT2D eigenvalue weighted by Crippen LogP contribution is 2.31. The van der Waals surface area contributed by atoms with Crippen molar-refractivity contribution in [3.05, 3.63) is 109 Å². The monoisotopic (exact) mass is 486 g/mol. The van der Waals surface area contributed by atoms with Crippen LogP contribution in [0.1, 0.15) is 10.4 Å². The lowest BCUT2D eigenvalue weighted by atomic mass is 10.0. The van der Waals surface area contributed by atoms with Crippen molar-refractivity contribution < 1.29 is 9.53 Å². The maximum absolute atomic E-state index is 13.1. The molecule has 1 fully saturated rings. The van der Waals surface area contributed by atoms with E-state index >= 15 is 0 Å². The second kappa shape index (κ2) is 10.2. The summed E-state index contributed by atoms with van der Waals surface area (Å²) in [6.07, 6.45) is 0. The lowest BCUT2D eigenvalue weighted by molar-refractivity contribution is 0.102. The first-order valence-electron chi connectivity index (χ1n) is 12.4.